The number of amides is 1. The third-order valence-corrected chi connectivity index (χ3v) is 2.60. The highest BCUT2D eigenvalue weighted by molar-refractivity contribution is 5.93. The number of benzene rings is 1. The largest absolute Gasteiger partial charge is 0.399 e. The van der Waals surface area contributed by atoms with Crippen LogP contribution in [-0.4, -0.2) is 16.1 Å². The summed E-state index contributed by atoms with van der Waals surface area (Å²) in [6.45, 7) is 1.90. The lowest BCUT2D eigenvalue weighted by Gasteiger charge is -2.14. The molecule has 1 atom stereocenters. The lowest BCUT2D eigenvalue weighted by molar-refractivity contribution is 0.0939. The zero-order valence-electron chi connectivity index (χ0n) is 10.00. The lowest BCUT2D eigenvalue weighted by Crippen LogP contribution is -2.26. The minimum absolute atomic E-state index is 0.117. The molecule has 1 amide bonds. The molecule has 0 saturated heterocycles. The van der Waals surface area contributed by atoms with E-state index in [0.29, 0.717) is 11.3 Å². The number of nitrogens with one attached hydrogen (secondary N) is 1. The highest BCUT2D eigenvalue weighted by Gasteiger charge is 2.11. The van der Waals surface area contributed by atoms with Gasteiger partial charge in [-0.15, -0.1) is 0 Å². The molecule has 0 bridgehead atoms. The molecule has 0 fully saturated rings. The van der Waals surface area contributed by atoms with E-state index in [0.717, 1.165) is 5.56 Å². The number of nitrogens with zero attached hydrogens (tertiary/aromatic N) is 2. The fourth-order valence-electron chi connectivity index (χ4n) is 1.62. The number of anilines is 1. The molecule has 0 aliphatic carbocycles. The molecule has 1 aromatic heterocycles. The number of nitrogens with two attached hydrogens (primary N) is 1. The second-order valence-corrected chi connectivity index (χ2v) is 4.00. The van der Waals surface area contributed by atoms with Crippen molar-refractivity contribution in [1.82, 2.24) is 15.5 Å². The van der Waals surface area contributed by atoms with Gasteiger partial charge in [0, 0.05) is 5.69 Å². The molecule has 2 aromatic rings. The normalized spacial score (nSPS) is 11.8. The monoisotopic (exact) mass is 242 g/mol. The van der Waals surface area contributed by atoms with Gasteiger partial charge in [-0.05, 0) is 30.7 Å². The van der Waals surface area contributed by atoms with Crippen LogP contribution in [0, 0.1) is 0 Å². The van der Waals surface area contributed by atoms with Crippen molar-refractivity contribution in [1.29, 1.82) is 0 Å². The third-order valence-electron chi connectivity index (χ3n) is 2.60. The van der Waals surface area contributed by atoms with Crippen LogP contribution in [0.4, 0.5) is 5.69 Å². The fraction of sp³-hybridized carbons (Fsp3) is 0.154. The number of carbonyl (C=O) groups excluding carboxylic acids is 1. The second-order valence-electron chi connectivity index (χ2n) is 4.00. The Balaban J connectivity index is 2.08. The molecule has 1 heterocycles. The maximum Gasteiger partial charge on any atom is 0.253 e. The molecule has 18 heavy (non-hydrogen) atoms. The van der Waals surface area contributed by atoms with Gasteiger partial charge in [-0.1, -0.05) is 12.1 Å². The average Bonchev–Trinajstić information content (AvgIpc) is 2.39. The summed E-state index contributed by atoms with van der Waals surface area (Å²) >= 11 is 0. The van der Waals surface area contributed by atoms with Crippen LogP contribution >= 0.6 is 0 Å². The minimum Gasteiger partial charge on any atom is -0.399 e. The van der Waals surface area contributed by atoms with E-state index in [9.17, 15) is 4.79 Å². The first-order chi connectivity index (χ1) is 8.66. The van der Waals surface area contributed by atoms with Crippen molar-refractivity contribution in [3.63, 3.8) is 0 Å². The molecular formula is C13H14N4O. The van der Waals surface area contributed by atoms with Crippen molar-refractivity contribution in [3.05, 3.63) is 53.9 Å². The number of carbonyl (C=O) groups is 1. The highest BCUT2D eigenvalue weighted by atomic mass is 16.1. The van der Waals surface area contributed by atoms with Gasteiger partial charge in [-0.2, -0.15) is 10.2 Å². The second kappa shape index (κ2) is 5.27. The van der Waals surface area contributed by atoms with Gasteiger partial charge < -0.3 is 11.1 Å². The zero-order chi connectivity index (χ0) is 13.0. The summed E-state index contributed by atoms with van der Waals surface area (Å²) in [4.78, 5) is 11.9. The highest BCUT2D eigenvalue weighted by Crippen LogP contribution is 2.15. The Labute approximate surface area is 105 Å². The van der Waals surface area contributed by atoms with Gasteiger partial charge in [-0.25, -0.2) is 0 Å². The Hall–Kier alpha value is -2.43. The van der Waals surface area contributed by atoms with Gasteiger partial charge in [0.25, 0.3) is 5.91 Å². The van der Waals surface area contributed by atoms with Gasteiger partial charge in [0.2, 0.25) is 0 Å². The number of hydrogen-bond donors (Lipinski definition) is 2. The van der Waals surface area contributed by atoms with Gasteiger partial charge in [-0.3, -0.25) is 4.79 Å². The van der Waals surface area contributed by atoms with Gasteiger partial charge >= 0.3 is 0 Å². The van der Waals surface area contributed by atoms with Crippen molar-refractivity contribution < 1.29 is 4.79 Å². The predicted octanol–water partition coefficient (Wildman–Crippen LogP) is 1.55. The van der Waals surface area contributed by atoms with Crippen molar-refractivity contribution in [2.24, 2.45) is 0 Å². The van der Waals surface area contributed by atoms with E-state index in [1.165, 1.54) is 12.4 Å². The number of aromatic nitrogens is 2. The van der Waals surface area contributed by atoms with E-state index >= 15 is 0 Å². The summed E-state index contributed by atoms with van der Waals surface area (Å²) in [5.41, 5.74) is 7.84. The maximum atomic E-state index is 11.9. The van der Waals surface area contributed by atoms with Crippen molar-refractivity contribution in [3.8, 4) is 0 Å². The molecule has 2 rings (SSSR count). The summed E-state index contributed by atoms with van der Waals surface area (Å²) in [5, 5.41) is 10.2. The Kier molecular flexibility index (Phi) is 3.52. The summed E-state index contributed by atoms with van der Waals surface area (Å²) in [7, 11) is 0. The van der Waals surface area contributed by atoms with Crippen LogP contribution in [0.15, 0.2) is 42.7 Å². The van der Waals surface area contributed by atoms with Crippen LogP contribution < -0.4 is 11.1 Å². The molecule has 0 saturated carbocycles. The number of rotatable bonds is 3. The van der Waals surface area contributed by atoms with Crippen LogP contribution in [0.5, 0.6) is 0 Å². The SMILES string of the molecule is CC(NC(=O)c1ccnnc1)c1cccc(N)c1. The summed E-state index contributed by atoms with van der Waals surface area (Å²) in [6.07, 6.45) is 2.92. The number of hydrogen-bond acceptors (Lipinski definition) is 4. The van der Waals surface area contributed by atoms with Crippen LogP contribution in [0.2, 0.25) is 0 Å². The minimum atomic E-state index is -0.181. The van der Waals surface area contributed by atoms with Crippen LogP contribution in [0.3, 0.4) is 0 Å². The van der Waals surface area contributed by atoms with E-state index in [2.05, 4.69) is 15.5 Å². The quantitative estimate of drug-likeness (QED) is 0.800. The summed E-state index contributed by atoms with van der Waals surface area (Å²) in [5.74, 6) is -0.181. The first-order valence-electron chi connectivity index (χ1n) is 5.60. The molecular weight excluding hydrogens is 228 g/mol. The van der Waals surface area contributed by atoms with Gasteiger partial charge in [0.05, 0.1) is 24.0 Å². The van der Waals surface area contributed by atoms with E-state index < -0.39 is 0 Å². The van der Waals surface area contributed by atoms with Crippen LogP contribution in [-0.2, 0) is 0 Å². The van der Waals surface area contributed by atoms with E-state index in [-0.39, 0.29) is 11.9 Å². The Morgan fingerprint density at radius 1 is 1.33 bits per heavy atom. The maximum absolute atomic E-state index is 11.9. The van der Waals surface area contributed by atoms with E-state index in [1.54, 1.807) is 6.07 Å². The third kappa shape index (κ3) is 2.82. The average molecular weight is 242 g/mol. The zero-order valence-corrected chi connectivity index (χ0v) is 10.00. The van der Waals surface area contributed by atoms with Crippen molar-refractivity contribution >= 4 is 11.6 Å². The number of nitrogen functional groups attached to an aromatic ring is 1. The molecule has 0 radical (unpaired) electrons. The first kappa shape index (κ1) is 12.0. The molecule has 0 spiro atoms. The van der Waals surface area contributed by atoms with Crippen molar-refractivity contribution in [2.45, 2.75) is 13.0 Å². The summed E-state index contributed by atoms with van der Waals surface area (Å²) in [6, 6.07) is 8.94. The predicted molar refractivity (Wildman–Crippen MR) is 68.8 cm³/mol. The molecule has 0 aliphatic heterocycles. The smallest absolute Gasteiger partial charge is 0.253 e. The first-order valence-corrected chi connectivity index (χ1v) is 5.60. The summed E-state index contributed by atoms with van der Waals surface area (Å²) < 4.78 is 0. The van der Waals surface area contributed by atoms with Crippen LogP contribution in [0.25, 0.3) is 0 Å². The molecule has 0 aliphatic rings. The fourth-order valence-corrected chi connectivity index (χ4v) is 1.62. The van der Waals surface area contributed by atoms with Crippen molar-refractivity contribution in [2.75, 3.05) is 5.73 Å². The molecule has 1 aromatic carbocycles. The van der Waals surface area contributed by atoms with E-state index in [4.69, 9.17) is 5.73 Å². The Morgan fingerprint density at radius 2 is 2.17 bits per heavy atom. The lowest BCUT2D eigenvalue weighted by atomic mass is 10.1. The molecule has 3 N–H and O–H groups in total. The van der Waals surface area contributed by atoms with Gasteiger partial charge in [0.15, 0.2) is 0 Å². The Morgan fingerprint density at radius 3 is 2.83 bits per heavy atom. The molecule has 5 nitrogen and oxygen atoms in total. The van der Waals surface area contributed by atoms with Gasteiger partial charge in [0.1, 0.15) is 0 Å². The Bertz CT molecular complexity index is 542. The standard InChI is InChI=1S/C13H14N4O/c1-9(10-3-2-4-12(14)7-10)17-13(18)11-5-6-15-16-8-11/h2-9H,14H2,1H3,(H,17,18). The van der Waals surface area contributed by atoms with E-state index in [1.807, 2.05) is 31.2 Å². The molecule has 5 heteroatoms. The topological polar surface area (TPSA) is 80.9 Å². The molecule has 1 unspecified atom stereocenters. The molecule has 92 valence electrons. The van der Waals surface area contributed by atoms with Crippen LogP contribution in [0.1, 0.15) is 28.9 Å².